The summed E-state index contributed by atoms with van der Waals surface area (Å²) in [6.07, 6.45) is 3.29. The number of rotatable bonds is 4. The topological polar surface area (TPSA) is 58.6 Å². The molecule has 0 aromatic heterocycles. The van der Waals surface area contributed by atoms with Crippen molar-refractivity contribution in [2.45, 2.75) is 19.3 Å². The highest BCUT2D eigenvalue weighted by molar-refractivity contribution is 14.1. The second-order valence-electron chi connectivity index (χ2n) is 6.24. The summed E-state index contributed by atoms with van der Waals surface area (Å²) in [5, 5.41) is 2.87. The lowest BCUT2D eigenvalue weighted by molar-refractivity contribution is 0.0724. The molecule has 1 aliphatic heterocycles. The van der Waals surface area contributed by atoms with E-state index in [4.69, 9.17) is 4.74 Å². The number of nitrogens with zero attached hydrogens (tertiary/aromatic N) is 1. The Morgan fingerprint density at radius 3 is 2.50 bits per heavy atom. The van der Waals surface area contributed by atoms with Gasteiger partial charge >= 0.3 is 0 Å². The fourth-order valence-corrected chi connectivity index (χ4v) is 3.76. The number of nitrogens with one attached hydrogen (secondary N) is 1. The third-order valence-electron chi connectivity index (χ3n) is 4.42. The van der Waals surface area contributed by atoms with Crippen molar-refractivity contribution in [2.75, 3.05) is 25.5 Å². The first kappa shape index (κ1) is 18.7. The Morgan fingerprint density at radius 2 is 1.81 bits per heavy atom. The zero-order valence-corrected chi connectivity index (χ0v) is 16.8. The number of benzene rings is 2. The summed E-state index contributed by atoms with van der Waals surface area (Å²) >= 11 is 2.13. The Kier molecular flexibility index (Phi) is 6.13. The molecule has 1 aliphatic rings. The molecule has 3 rings (SSSR count). The fourth-order valence-electron chi connectivity index (χ4n) is 3.02. The number of amides is 2. The Labute approximate surface area is 166 Å². The van der Waals surface area contributed by atoms with Crippen LogP contribution in [0.2, 0.25) is 0 Å². The van der Waals surface area contributed by atoms with E-state index in [1.54, 1.807) is 49.6 Å². The minimum absolute atomic E-state index is 0.0276. The largest absolute Gasteiger partial charge is 0.496 e. The van der Waals surface area contributed by atoms with E-state index in [9.17, 15) is 9.59 Å². The summed E-state index contributed by atoms with van der Waals surface area (Å²) in [4.78, 5) is 27.0. The number of halogens is 1. The van der Waals surface area contributed by atoms with Gasteiger partial charge in [-0.25, -0.2) is 0 Å². The molecule has 6 heteroatoms. The van der Waals surface area contributed by atoms with Gasteiger partial charge in [0.25, 0.3) is 11.8 Å². The molecule has 0 unspecified atom stereocenters. The average molecular weight is 464 g/mol. The molecule has 136 valence electrons. The summed E-state index contributed by atoms with van der Waals surface area (Å²) in [7, 11) is 1.60. The van der Waals surface area contributed by atoms with Crippen LogP contribution in [-0.4, -0.2) is 36.9 Å². The van der Waals surface area contributed by atoms with Crippen LogP contribution in [0.25, 0.3) is 0 Å². The monoisotopic (exact) mass is 464 g/mol. The van der Waals surface area contributed by atoms with Gasteiger partial charge in [-0.2, -0.15) is 0 Å². The van der Waals surface area contributed by atoms with Crippen LogP contribution < -0.4 is 10.1 Å². The van der Waals surface area contributed by atoms with Gasteiger partial charge in [0.1, 0.15) is 5.75 Å². The van der Waals surface area contributed by atoms with Gasteiger partial charge in [-0.05, 0) is 78.3 Å². The number of piperidine rings is 1. The predicted molar refractivity (Wildman–Crippen MR) is 110 cm³/mol. The van der Waals surface area contributed by atoms with Gasteiger partial charge in [0, 0.05) is 29.9 Å². The molecule has 1 N–H and O–H groups in total. The van der Waals surface area contributed by atoms with Gasteiger partial charge < -0.3 is 15.0 Å². The predicted octanol–water partition coefficient (Wildman–Crippen LogP) is 4.18. The van der Waals surface area contributed by atoms with Gasteiger partial charge in [-0.1, -0.05) is 6.07 Å². The van der Waals surface area contributed by atoms with Crippen LogP contribution in [0.1, 0.15) is 40.0 Å². The number of hydrogen-bond donors (Lipinski definition) is 1. The maximum atomic E-state index is 12.6. The van der Waals surface area contributed by atoms with E-state index in [0.29, 0.717) is 16.8 Å². The van der Waals surface area contributed by atoms with Crippen molar-refractivity contribution in [3.63, 3.8) is 0 Å². The summed E-state index contributed by atoms with van der Waals surface area (Å²) < 4.78 is 6.08. The molecule has 2 amide bonds. The molecule has 5 nitrogen and oxygen atoms in total. The number of carbonyl (C=O) groups is 2. The van der Waals surface area contributed by atoms with Crippen molar-refractivity contribution in [1.29, 1.82) is 0 Å². The lowest BCUT2D eigenvalue weighted by Crippen LogP contribution is -2.35. The molecule has 0 radical (unpaired) electrons. The van der Waals surface area contributed by atoms with E-state index in [-0.39, 0.29) is 11.8 Å². The van der Waals surface area contributed by atoms with E-state index in [1.807, 2.05) is 4.90 Å². The standard InChI is InChI=1S/C20H21IN2O3/c1-26-18-9-8-14(13-17(18)21)19(24)22-16-7-5-6-15(12-16)20(25)23-10-3-2-4-11-23/h5-9,12-13H,2-4,10-11H2,1H3,(H,22,24). The summed E-state index contributed by atoms with van der Waals surface area (Å²) in [5.74, 6) is 0.546. The van der Waals surface area contributed by atoms with Gasteiger partial charge in [-0.3, -0.25) is 9.59 Å². The number of ether oxygens (including phenoxy) is 1. The summed E-state index contributed by atoms with van der Waals surface area (Å²) in [5.41, 5.74) is 1.76. The van der Waals surface area contributed by atoms with Crippen LogP contribution in [0.3, 0.4) is 0 Å². The highest BCUT2D eigenvalue weighted by Gasteiger charge is 2.18. The van der Waals surface area contributed by atoms with Crippen LogP contribution in [0.15, 0.2) is 42.5 Å². The maximum Gasteiger partial charge on any atom is 0.255 e. The molecule has 0 bridgehead atoms. The van der Waals surface area contributed by atoms with Crippen LogP contribution in [0, 0.1) is 3.57 Å². The van der Waals surface area contributed by atoms with Gasteiger partial charge in [0.15, 0.2) is 0 Å². The number of methoxy groups -OCH3 is 1. The average Bonchev–Trinajstić information content (AvgIpc) is 2.68. The zero-order valence-electron chi connectivity index (χ0n) is 14.6. The molecule has 2 aromatic rings. The second kappa shape index (κ2) is 8.53. The molecular formula is C20H21IN2O3. The van der Waals surface area contributed by atoms with E-state index in [0.717, 1.165) is 35.3 Å². The Hall–Kier alpha value is -2.09. The number of carbonyl (C=O) groups excluding carboxylic acids is 2. The normalized spacial score (nSPS) is 14.0. The van der Waals surface area contributed by atoms with E-state index < -0.39 is 0 Å². The van der Waals surface area contributed by atoms with Crippen molar-refractivity contribution in [2.24, 2.45) is 0 Å². The van der Waals surface area contributed by atoms with Gasteiger partial charge in [0.05, 0.1) is 10.7 Å². The maximum absolute atomic E-state index is 12.6. The highest BCUT2D eigenvalue weighted by atomic mass is 127. The van der Waals surface area contributed by atoms with Crippen LogP contribution in [0.4, 0.5) is 5.69 Å². The lowest BCUT2D eigenvalue weighted by atomic mass is 10.1. The van der Waals surface area contributed by atoms with Crippen LogP contribution in [0.5, 0.6) is 5.75 Å². The summed E-state index contributed by atoms with van der Waals surface area (Å²) in [6, 6.07) is 12.4. The third-order valence-corrected chi connectivity index (χ3v) is 5.27. The van der Waals surface area contributed by atoms with Crippen molar-refractivity contribution < 1.29 is 14.3 Å². The van der Waals surface area contributed by atoms with Crippen molar-refractivity contribution in [3.8, 4) is 5.75 Å². The van der Waals surface area contributed by atoms with E-state index in [2.05, 4.69) is 27.9 Å². The molecule has 1 saturated heterocycles. The first-order valence-corrected chi connectivity index (χ1v) is 9.70. The van der Waals surface area contributed by atoms with Gasteiger partial charge in [-0.15, -0.1) is 0 Å². The molecule has 26 heavy (non-hydrogen) atoms. The Morgan fingerprint density at radius 1 is 1.04 bits per heavy atom. The number of hydrogen-bond acceptors (Lipinski definition) is 3. The van der Waals surface area contributed by atoms with Crippen LogP contribution >= 0.6 is 22.6 Å². The molecule has 0 atom stereocenters. The van der Waals surface area contributed by atoms with Crippen molar-refractivity contribution >= 4 is 40.1 Å². The molecule has 0 spiro atoms. The van der Waals surface area contributed by atoms with E-state index in [1.165, 1.54) is 6.42 Å². The van der Waals surface area contributed by atoms with Crippen molar-refractivity contribution in [3.05, 3.63) is 57.2 Å². The minimum Gasteiger partial charge on any atom is -0.496 e. The Balaban J connectivity index is 1.72. The fraction of sp³-hybridized carbons (Fsp3) is 0.300. The molecule has 0 aliphatic carbocycles. The lowest BCUT2D eigenvalue weighted by Gasteiger charge is -2.26. The zero-order chi connectivity index (χ0) is 18.5. The number of likely N-dealkylation sites (tertiary alicyclic amines) is 1. The third kappa shape index (κ3) is 4.35. The van der Waals surface area contributed by atoms with Gasteiger partial charge in [0.2, 0.25) is 0 Å². The smallest absolute Gasteiger partial charge is 0.255 e. The molecule has 1 fully saturated rings. The second-order valence-corrected chi connectivity index (χ2v) is 7.40. The first-order valence-electron chi connectivity index (χ1n) is 8.63. The minimum atomic E-state index is -0.215. The molecule has 2 aromatic carbocycles. The SMILES string of the molecule is COc1ccc(C(=O)Nc2cccc(C(=O)N3CCCCC3)c2)cc1I. The number of anilines is 1. The van der Waals surface area contributed by atoms with E-state index >= 15 is 0 Å². The molecule has 0 saturated carbocycles. The van der Waals surface area contributed by atoms with Crippen molar-refractivity contribution in [1.82, 2.24) is 4.90 Å². The quantitative estimate of drug-likeness (QED) is 0.691. The highest BCUT2D eigenvalue weighted by Crippen LogP contribution is 2.22. The molecular weight excluding hydrogens is 443 g/mol. The molecule has 1 heterocycles. The summed E-state index contributed by atoms with van der Waals surface area (Å²) in [6.45, 7) is 1.61. The van der Waals surface area contributed by atoms with Crippen LogP contribution in [-0.2, 0) is 0 Å². The first-order chi connectivity index (χ1) is 12.6. The Bertz CT molecular complexity index is 816.